The summed E-state index contributed by atoms with van der Waals surface area (Å²) in [6.45, 7) is 6.07. The molecule has 2 aliphatic heterocycles. The number of carbonyl (C=O) groups is 1. The third kappa shape index (κ3) is 5.20. The number of likely N-dealkylation sites (tertiary alicyclic amines) is 1. The van der Waals surface area contributed by atoms with Gasteiger partial charge in [0.05, 0.1) is 17.8 Å². The Bertz CT molecular complexity index is 905. The molecule has 1 saturated carbocycles. The van der Waals surface area contributed by atoms with E-state index in [1.54, 1.807) is 11.1 Å². The molecule has 6 heteroatoms. The van der Waals surface area contributed by atoms with Crippen molar-refractivity contribution in [3.63, 3.8) is 0 Å². The number of pyridine rings is 1. The molecule has 2 aromatic rings. The van der Waals surface area contributed by atoms with E-state index >= 15 is 0 Å². The molecular formula is C26H34N4O2. The van der Waals surface area contributed by atoms with E-state index in [0.717, 1.165) is 50.8 Å². The molecule has 32 heavy (non-hydrogen) atoms. The van der Waals surface area contributed by atoms with Crippen LogP contribution in [-0.2, 0) is 22.6 Å². The highest BCUT2D eigenvalue weighted by Crippen LogP contribution is 2.36. The van der Waals surface area contributed by atoms with Crippen molar-refractivity contribution in [2.24, 2.45) is 5.92 Å². The first kappa shape index (κ1) is 21.6. The molecule has 3 heterocycles. The Kier molecular flexibility index (Phi) is 6.26. The maximum Gasteiger partial charge on any atom is 0.253 e. The molecule has 1 spiro atoms. The van der Waals surface area contributed by atoms with Gasteiger partial charge in [-0.2, -0.15) is 0 Å². The molecule has 3 fully saturated rings. The van der Waals surface area contributed by atoms with Crippen molar-refractivity contribution in [2.45, 2.75) is 44.1 Å². The fourth-order valence-corrected chi connectivity index (χ4v) is 5.20. The van der Waals surface area contributed by atoms with Gasteiger partial charge in [-0.3, -0.25) is 19.6 Å². The lowest BCUT2D eigenvalue weighted by Crippen LogP contribution is -2.60. The normalized spacial score (nSPS) is 26.5. The minimum atomic E-state index is -0.409. The van der Waals surface area contributed by atoms with Crippen LogP contribution in [0.3, 0.4) is 0 Å². The third-order valence-corrected chi connectivity index (χ3v) is 6.96. The number of ether oxygens (including phenoxy) is 1. The van der Waals surface area contributed by atoms with Crippen LogP contribution in [0.25, 0.3) is 0 Å². The van der Waals surface area contributed by atoms with Crippen molar-refractivity contribution in [3.05, 3.63) is 66.0 Å². The number of hydrogen-bond acceptors (Lipinski definition) is 5. The number of morpholine rings is 1. The summed E-state index contributed by atoms with van der Waals surface area (Å²) in [5, 5.41) is 0. The number of benzene rings is 1. The van der Waals surface area contributed by atoms with E-state index in [4.69, 9.17) is 4.74 Å². The quantitative estimate of drug-likeness (QED) is 0.671. The minimum Gasteiger partial charge on any atom is -0.358 e. The van der Waals surface area contributed by atoms with Gasteiger partial charge in [-0.15, -0.1) is 0 Å². The maximum absolute atomic E-state index is 13.4. The van der Waals surface area contributed by atoms with Crippen molar-refractivity contribution in [1.29, 1.82) is 0 Å². The number of likely N-dealkylation sites (N-methyl/N-ethyl adjacent to an activating group) is 1. The van der Waals surface area contributed by atoms with Gasteiger partial charge in [-0.25, -0.2) is 0 Å². The number of nitrogens with zero attached hydrogens (tertiary/aromatic N) is 4. The molecule has 1 aromatic heterocycles. The zero-order valence-electron chi connectivity index (χ0n) is 19.0. The van der Waals surface area contributed by atoms with Crippen LogP contribution in [0.4, 0.5) is 0 Å². The molecule has 0 unspecified atom stereocenters. The van der Waals surface area contributed by atoms with Gasteiger partial charge in [-0.1, -0.05) is 36.4 Å². The Hall–Kier alpha value is -2.28. The highest BCUT2D eigenvalue weighted by molar-refractivity contribution is 5.81. The Morgan fingerprint density at radius 3 is 2.66 bits per heavy atom. The summed E-state index contributed by atoms with van der Waals surface area (Å²) in [7, 11) is 1.86. The summed E-state index contributed by atoms with van der Waals surface area (Å²) in [4.78, 5) is 24.5. The van der Waals surface area contributed by atoms with Gasteiger partial charge >= 0.3 is 0 Å². The molecule has 0 N–H and O–H groups in total. The maximum atomic E-state index is 13.4. The topological polar surface area (TPSA) is 48.9 Å². The predicted molar refractivity (Wildman–Crippen MR) is 124 cm³/mol. The zero-order valence-corrected chi connectivity index (χ0v) is 19.0. The number of carbonyl (C=O) groups excluding carboxylic acids is 1. The molecule has 6 nitrogen and oxygen atoms in total. The van der Waals surface area contributed by atoms with Crippen molar-refractivity contribution in [2.75, 3.05) is 39.8 Å². The average molecular weight is 435 g/mol. The molecule has 2 atom stereocenters. The number of rotatable bonds is 7. The van der Waals surface area contributed by atoms with Crippen LogP contribution >= 0.6 is 0 Å². The van der Waals surface area contributed by atoms with Gasteiger partial charge in [0.1, 0.15) is 6.10 Å². The van der Waals surface area contributed by atoms with E-state index in [1.165, 1.54) is 18.4 Å². The van der Waals surface area contributed by atoms with Crippen LogP contribution in [0.2, 0.25) is 0 Å². The van der Waals surface area contributed by atoms with E-state index in [2.05, 4.69) is 45.1 Å². The standard InChI is InChI=1S/C26H34N4O2/c1-28(17-23-9-5-6-13-27-23)25(31)24-18-30(16-22-10-11-22)20-26(32-24)12-14-29(19-26)15-21-7-3-2-4-8-21/h2-9,13,22,24H,10-12,14-20H2,1H3/t24-,26+/m0/s1. The lowest BCUT2D eigenvalue weighted by molar-refractivity contribution is -0.177. The van der Waals surface area contributed by atoms with Crippen molar-refractivity contribution >= 4 is 5.91 Å². The molecule has 3 aliphatic rings. The summed E-state index contributed by atoms with van der Waals surface area (Å²) in [5.74, 6) is 0.867. The smallest absolute Gasteiger partial charge is 0.253 e. The molecule has 0 radical (unpaired) electrons. The number of hydrogen-bond donors (Lipinski definition) is 0. The molecule has 2 saturated heterocycles. The second-order valence-corrected chi connectivity index (χ2v) is 9.89. The average Bonchev–Trinajstić information content (AvgIpc) is 3.54. The first-order chi connectivity index (χ1) is 15.6. The summed E-state index contributed by atoms with van der Waals surface area (Å²) >= 11 is 0. The summed E-state index contributed by atoms with van der Waals surface area (Å²) < 4.78 is 6.66. The van der Waals surface area contributed by atoms with Crippen LogP contribution < -0.4 is 0 Å². The zero-order chi connectivity index (χ0) is 22.0. The molecule has 1 aromatic carbocycles. The van der Waals surface area contributed by atoms with E-state index in [-0.39, 0.29) is 11.5 Å². The van der Waals surface area contributed by atoms with E-state index in [0.29, 0.717) is 13.1 Å². The van der Waals surface area contributed by atoms with Crippen LogP contribution in [0, 0.1) is 5.92 Å². The highest BCUT2D eigenvalue weighted by Gasteiger charge is 2.48. The van der Waals surface area contributed by atoms with Gasteiger partial charge in [0.2, 0.25) is 0 Å². The van der Waals surface area contributed by atoms with Crippen molar-refractivity contribution in [1.82, 2.24) is 19.7 Å². The van der Waals surface area contributed by atoms with E-state index in [1.807, 2.05) is 25.2 Å². The second-order valence-electron chi connectivity index (χ2n) is 9.89. The number of aromatic nitrogens is 1. The highest BCUT2D eigenvalue weighted by atomic mass is 16.5. The Balaban J connectivity index is 1.27. The number of amides is 1. The summed E-state index contributed by atoms with van der Waals surface area (Å²) in [5.41, 5.74) is 1.98. The first-order valence-electron chi connectivity index (χ1n) is 11.9. The Morgan fingerprint density at radius 2 is 1.91 bits per heavy atom. The SMILES string of the molecule is CN(Cc1ccccn1)C(=O)[C@@H]1CN(CC2CC2)C[C@]2(CCN(Cc3ccccc3)C2)O1. The predicted octanol–water partition coefficient (Wildman–Crippen LogP) is 2.80. The fraction of sp³-hybridized carbons (Fsp3) is 0.538. The summed E-state index contributed by atoms with van der Waals surface area (Å²) in [6.07, 6.45) is 4.99. The van der Waals surface area contributed by atoms with Crippen LogP contribution in [0.1, 0.15) is 30.5 Å². The minimum absolute atomic E-state index is 0.0667. The van der Waals surface area contributed by atoms with Crippen molar-refractivity contribution < 1.29 is 9.53 Å². The monoisotopic (exact) mass is 434 g/mol. The molecule has 1 aliphatic carbocycles. The van der Waals surface area contributed by atoms with Gasteiger partial charge in [0.15, 0.2) is 0 Å². The van der Waals surface area contributed by atoms with Gasteiger partial charge < -0.3 is 9.64 Å². The Morgan fingerprint density at radius 1 is 1.12 bits per heavy atom. The molecule has 1 amide bonds. The van der Waals surface area contributed by atoms with Gasteiger partial charge in [0.25, 0.3) is 5.91 Å². The molecule has 5 rings (SSSR count). The largest absolute Gasteiger partial charge is 0.358 e. The lowest BCUT2D eigenvalue weighted by atomic mass is 9.98. The van der Waals surface area contributed by atoms with E-state index < -0.39 is 6.10 Å². The molecule has 170 valence electrons. The molecular weight excluding hydrogens is 400 g/mol. The second kappa shape index (κ2) is 9.30. The summed E-state index contributed by atoms with van der Waals surface area (Å²) in [6, 6.07) is 16.5. The molecule has 0 bridgehead atoms. The van der Waals surface area contributed by atoms with Crippen LogP contribution in [-0.4, -0.2) is 77.1 Å². The first-order valence-corrected chi connectivity index (χ1v) is 11.9. The lowest BCUT2D eigenvalue weighted by Gasteiger charge is -2.45. The van der Waals surface area contributed by atoms with Crippen LogP contribution in [0.15, 0.2) is 54.7 Å². The Labute approximate surface area is 191 Å². The third-order valence-electron chi connectivity index (χ3n) is 6.96. The van der Waals surface area contributed by atoms with E-state index in [9.17, 15) is 4.79 Å². The van der Waals surface area contributed by atoms with Crippen molar-refractivity contribution in [3.8, 4) is 0 Å². The van der Waals surface area contributed by atoms with Gasteiger partial charge in [-0.05, 0) is 42.9 Å². The fourth-order valence-electron chi connectivity index (χ4n) is 5.20. The van der Waals surface area contributed by atoms with Gasteiger partial charge in [0, 0.05) is 52.5 Å². The van der Waals surface area contributed by atoms with Crippen LogP contribution in [0.5, 0.6) is 0 Å².